The quantitative estimate of drug-likeness (QED) is 0.559. The fourth-order valence-corrected chi connectivity index (χ4v) is 3.21. The molecule has 1 unspecified atom stereocenters. The number of carbonyl (C=O) groups excluding carboxylic acids is 1. The second kappa shape index (κ2) is 7.32. The molecular weight excluding hydrogens is 354 g/mol. The average molecular weight is 371 g/mol. The molecule has 1 amide bonds. The molecule has 0 aliphatic carbocycles. The fourth-order valence-electron chi connectivity index (χ4n) is 3.21. The Kier molecular flexibility index (Phi) is 4.56. The topological polar surface area (TPSA) is 112 Å². The van der Waals surface area contributed by atoms with E-state index in [-0.39, 0.29) is 18.4 Å². The monoisotopic (exact) mass is 371 g/mol. The van der Waals surface area contributed by atoms with Crippen LogP contribution in [0.25, 0.3) is 22.3 Å². The highest BCUT2D eigenvalue weighted by atomic mass is 16.1. The van der Waals surface area contributed by atoms with Gasteiger partial charge in [0.05, 0.1) is 30.4 Å². The molecule has 2 N–H and O–H groups in total. The molecule has 3 aromatic heterocycles. The lowest BCUT2D eigenvalue weighted by Gasteiger charge is -2.16. The highest BCUT2D eigenvalue weighted by Crippen LogP contribution is 2.28. The van der Waals surface area contributed by atoms with Crippen LogP contribution in [0, 0.1) is 11.3 Å². The van der Waals surface area contributed by atoms with Gasteiger partial charge in [-0.1, -0.05) is 12.1 Å². The first-order valence-corrected chi connectivity index (χ1v) is 8.73. The minimum Gasteiger partial charge on any atom is -0.346 e. The highest BCUT2D eigenvalue weighted by molar-refractivity contribution is 5.90. The number of hydrogen-bond acceptors (Lipinski definition) is 5. The van der Waals surface area contributed by atoms with Gasteiger partial charge in [-0.15, -0.1) is 0 Å². The number of amides is 1. The molecule has 0 saturated carbocycles. The van der Waals surface area contributed by atoms with Gasteiger partial charge in [-0.05, 0) is 23.8 Å². The second-order valence-corrected chi connectivity index (χ2v) is 6.36. The van der Waals surface area contributed by atoms with Crippen molar-refractivity contribution >= 4 is 22.6 Å². The summed E-state index contributed by atoms with van der Waals surface area (Å²) in [5.74, 6) is -0.144. The SMILES string of the molecule is CC(=O)Nc1cccc(C(CC#N)n2cc(-c3ncnc4[nH]ccc34)cn2)c1. The summed E-state index contributed by atoms with van der Waals surface area (Å²) in [4.78, 5) is 23.0. The van der Waals surface area contributed by atoms with Crippen molar-refractivity contribution in [2.24, 2.45) is 0 Å². The van der Waals surface area contributed by atoms with E-state index in [2.05, 4.69) is 31.4 Å². The third-order valence-corrected chi connectivity index (χ3v) is 4.42. The maximum atomic E-state index is 11.3. The number of carbonyl (C=O) groups is 1. The molecule has 4 aromatic rings. The maximum Gasteiger partial charge on any atom is 0.221 e. The van der Waals surface area contributed by atoms with Gasteiger partial charge >= 0.3 is 0 Å². The molecule has 0 saturated heterocycles. The van der Waals surface area contributed by atoms with Crippen molar-refractivity contribution in [1.82, 2.24) is 24.7 Å². The van der Waals surface area contributed by atoms with Gasteiger partial charge in [-0.3, -0.25) is 9.48 Å². The second-order valence-electron chi connectivity index (χ2n) is 6.36. The van der Waals surface area contributed by atoms with Gasteiger partial charge in [0.2, 0.25) is 5.91 Å². The zero-order chi connectivity index (χ0) is 19.5. The number of nitriles is 1. The summed E-state index contributed by atoms with van der Waals surface area (Å²) in [5, 5.41) is 17.5. The van der Waals surface area contributed by atoms with Crippen molar-refractivity contribution in [3.63, 3.8) is 0 Å². The van der Waals surface area contributed by atoms with Crippen LogP contribution in [0.1, 0.15) is 24.9 Å². The lowest BCUT2D eigenvalue weighted by molar-refractivity contribution is -0.114. The summed E-state index contributed by atoms with van der Waals surface area (Å²) in [5.41, 5.74) is 3.95. The van der Waals surface area contributed by atoms with Crippen LogP contribution in [0.15, 0.2) is 55.2 Å². The summed E-state index contributed by atoms with van der Waals surface area (Å²) in [7, 11) is 0. The number of aromatic nitrogens is 5. The van der Waals surface area contributed by atoms with Crippen LogP contribution in [0.3, 0.4) is 0 Å². The van der Waals surface area contributed by atoms with E-state index in [1.807, 2.05) is 42.7 Å². The van der Waals surface area contributed by atoms with Crippen LogP contribution in [0.4, 0.5) is 5.69 Å². The van der Waals surface area contributed by atoms with Crippen LogP contribution >= 0.6 is 0 Å². The fraction of sp³-hybridized carbons (Fsp3) is 0.150. The molecule has 0 radical (unpaired) electrons. The van der Waals surface area contributed by atoms with Crippen molar-refractivity contribution in [3.8, 4) is 17.3 Å². The standard InChI is InChI=1S/C20H17N7O/c1-13(28)26-16-4-2-3-14(9-16)18(5-7-21)27-11-15(10-25-27)19-17-6-8-22-20(17)24-12-23-19/h2-4,6,8-12,18H,5H2,1H3,(H,26,28)(H,22,23,24). The van der Waals surface area contributed by atoms with Crippen molar-refractivity contribution in [1.29, 1.82) is 5.26 Å². The molecule has 8 heteroatoms. The van der Waals surface area contributed by atoms with E-state index in [0.29, 0.717) is 5.69 Å². The molecule has 1 aromatic carbocycles. The Hall–Kier alpha value is -3.99. The Balaban J connectivity index is 1.71. The third-order valence-electron chi connectivity index (χ3n) is 4.42. The predicted molar refractivity (Wildman–Crippen MR) is 104 cm³/mol. The lowest BCUT2D eigenvalue weighted by Crippen LogP contribution is -2.12. The molecule has 0 bridgehead atoms. The molecular formula is C20H17N7O. The number of aromatic amines is 1. The van der Waals surface area contributed by atoms with Crippen LogP contribution in [0.5, 0.6) is 0 Å². The van der Waals surface area contributed by atoms with Crippen molar-refractivity contribution < 1.29 is 4.79 Å². The van der Waals surface area contributed by atoms with E-state index in [0.717, 1.165) is 27.9 Å². The zero-order valence-electron chi connectivity index (χ0n) is 15.1. The summed E-state index contributed by atoms with van der Waals surface area (Å²) in [6, 6.07) is 11.3. The zero-order valence-corrected chi connectivity index (χ0v) is 15.1. The number of anilines is 1. The van der Waals surface area contributed by atoms with Crippen molar-refractivity contribution in [2.75, 3.05) is 5.32 Å². The summed E-state index contributed by atoms with van der Waals surface area (Å²) < 4.78 is 1.76. The van der Waals surface area contributed by atoms with E-state index < -0.39 is 0 Å². The number of hydrogen-bond donors (Lipinski definition) is 2. The van der Waals surface area contributed by atoms with E-state index >= 15 is 0 Å². The van der Waals surface area contributed by atoms with Gasteiger partial charge in [-0.25, -0.2) is 9.97 Å². The van der Waals surface area contributed by atoms with E-state index in [1.54, 1.807) is 10.9 Å². The molecule has 8 nitrogen and oxygen atoms in total. The first kappa shape index (κ1) is 17.4. The minimum atomic E-state index is -0.281. The minimum absolute atomic E-state index is 0.144. The Labute approximate surface area is 160 Å². The molecule has 1 atom stereocenters. The Bertz CT molecular complexity index is 1180. The van der Waals surface area contributed by atoms with Gasteiger partial charge in [0.25, 0.3) is 0 Å². The summed E-state index contributed by atoms with van der Waals surface area (Å²) in [6.07, 6.45) is 7.18. The van der Waals surface area contributed by atoms with Crippen molar-refractivity contribution in [2.45, 2.75) is 19.4 Å². The normalized spacial score (nSPS) is 11.9. The van der Waals surface area contributed by atoms with Gasteiger partial charge in [-0.2, -0.15) is 10.4 Å². The Morgan fingerprint density at radius 2 is 2.25 bits per heavy atom. The molecule has 0 spiro atoms. The molecule has 138 valence electrons. The van der Waals surface area contributed by atoms with E-state index in [1.165, 1.54) is 13.3 Å². The van der Waals surface area contributed by atoms with Gasteiger partial charge in [0.1, 0.15) is 12.0 Å². The first-order valence-electron chi connectivity index (χ1n) is 8.73. The van der Waals surface area contributed by atoms with Gasteiger partial charge < -0.3 is 10.3 Å². The number of rotatable bonds is 5. The maximum absolute atomic E-state index is 11.3. The Morgan fingerprint density at radius 1 is 1.36 bits per heavy atom. The predicted octanol–water partition coefficient (Wildman–Crippen LogP) is 3.28. The number of benzene rings is 1. The molecule has 3 heterocycles. The highest BCUT2D eigenvalue weighted by Gasteiger charge is 2.17. The number of nitrogens with one attached hydrogen (secondary N) is 2. The largest absolute Gasteiger partial charge is 0.346 e. The van der Waals surface area contributed by atoms with Crippen LogP contribution in [-0.4, -0.2) is 30.6 Å². The van der Waals surface area contributed by atoms with Crippen LogP contribution < -0.4 is 5.32 Å². The molecule has 4 rings (SSSR count). The molecule has 0 fully saturated rings. The number of nitrogens with zero attached hydrogens (tertiary/aromatic N) is 5. The van der Waals surface area contributed by atoms with E-state index in [4.69, 9.17) is 0 Å². The third kappa shape index (κ3) is 3.33. The molecule has 0 aliphatic rings. The summed E-state index contributed by atoms with van der Waals surface area (Å²) in [6.45, 7) is 1.46. The van der Waals surface area contributed by atoms with Crippen molar-refractivity contribution in [3.05, 3.63) is 60.8 Å². The molecule has 0 aliphatic heterocycles. The number of H-pyrrole nitrogens is 1. The number of fused-ring (bicyclic) bond motifs is 1. The van der Waals surface area contributed by atoms with E-state index in [9.17, 15) is 10.1 Å². The smallest absolute Gasteiger partial charge is 0.221 e. The van der Waals surface area contributed by atoms with Gasteiger partial charge in [0.15, 0.2) is 0 Å². The lowest BCUT2D eigenvalue weighted by atomic mass is 10.0. The first-order chi connectivity index (χ1) is 13.7. The Morgan fingerprint density at radius 3 is 3.07 bits per heavy atom. The van der Waals surface area contributed by atoms with Crippen LogP contribution in [-0.2, 0) is 4.79 Å². The van der Waals surface area contributed by atoms with Crippen LogP contribution in [0.2, 0.25) is 0 Å². The van der Waals surface area contributed by atoms with Gasteiger partial charge in [0, 0.05) is 36.0 Å². The summed E-state index contributed by atoms with van der Waals surface area (Å²) >= 11 is 0. The molecule has 28 heavy (non-hydrogen) atoms. The average Bonchev–Trinajstić information content (AvgIpc) is 3.35.